The number of phosphoric ester groups is 2. The van der Waals surface area contributed by atoms with Crippen molar-refractivity contribution >= 4 is 39.5 Å². The maximum absolute atomic E-state index is 13.1. The Morgan fingerprint density at radius 1 is 0.312 bits per heavy atom. The lowest BCUT2D eigenvalue weighted by Crippen LogP contribution is -2.30. The highest BCUT2D eigenvalue weighted by Gasteiger charge is 2.30. The molecule has 17 nitrogen and oxygen atoms in total. The van der Waals surface area contributed by atoms with E-state index >= 15 is 0 Å². The average Bonchev–Trinajstić information content (AvgIpc) is 1.64. The summed E-state index contributed by atoms with van der Waals surface area (Å²) in [5.41, 5.74) is 0. The van der Waals surface area contributed by atoms with Crippen molar-refractivity contribution in [2.75, 3.05) is 39.6 Å². The van der Waals surface area contributed by atoms with Crippen LogP contribution in [0.5, 0.6) is 0 Å². The molecular formula is C74H144O17P2. The summed E-state index contributed by atoms with van der Waals surface area (Å²) in [4.78, 5) is 72.5. The molecule has 0 aromatic heterocycles. The SMILES string of the molecule is CCCCCCCCCCCCCCCCCC(=O)O[C@H](COC(=O)CCCCCCC)COP(=O)(O)OC[C@H](O)COP(=O)(O)OC[C@@H](COC(=O)CCCCCCCCCCCCCCC(C)C)OC(=O)CCCCCCCCCCCCCCCCC(C)CC. The third-order valence-electron chi connectivity index (χ3n) is 17.6. The summed E-state index contributed by atoms with van der Waals surface area (Å²) in [7, 11) is -9.90. The van der Waals surface area contributed by atoms with E-state index in [0.717, 1.165) is 108 Å². The van der Waals surface area contributed by atoms with Crippen LogP contribution in [0.25, 0.3) is 0 Å². The number of carbonyl (C=O) groups excluding carboxylic acids is 4. The van der Waals surface area contributed by atoms with E-state index in [-0.39, 0.29) is 25.7 Å². The number of esters is 4. The Bertz CT molecular complexity index is 1810. The normalized spacial score (nSPS) is 14.3. The van der Waals surface area contributed by atoms with Gasteiger partial charge >= 0.3 is 39.5 Å². The lowest BCUT2D eigenvalue weighted by molar-refractivity contribution is -0.161. The van der Waals surface area contributed by atoms with E-state index in [4.69, 9.17) is 37.0 Å². The molecule has 0 aliphatic rings. The van der Waals surface area contributed by atoms with Crippen LogP contribution < -0.4 is 0 Å². The molecule has 93 heavy (non-hydrogen) atoms. The molecule has 0 aromatic carbocycles. The van der Waals surface area contributed by atoms with E-state index in [1.807, 2.05) is 0 Å². The largest absolute Gasteiger partial charge is 0.472 e. The molecular weight excluding hydrogens is 1220 g/mol. The van der Waals surface area contributed by atoms with Gasteiger partial charge in [0.2, 0.25) is 0 Å². The van der Waals surface area contributed by atoms with Crippen LogP contribution in [-0.2, 0) is 65.4 Å². The van der Waals surface area contributed by atoms with Crippen molar-refractivity contribution in [3.8, 4) is 0 Å². The zero-order valence-corrected chi connectivity index (χ0v) is 62.3. The summed E-state index contributed by atoms with van der Waals surface area (Å²) < 4.78 is 68.3. The highest BCUT2D eigenvalue weighted by atomic mass is 31.2. The number of hydrogen-bond donors (Lipinski definition) is 3. The molecule has 3 unspecified atom stereocenters. The Balaban J connectivity index is 5.15. The van der Waals surface area contributed by atoms with E-state index in [9.17, 15) is 43.2 Å². The van der Waals surface area contributed by atoms with Crippen molar-refractivity contribution in [1.82, 2.24) is 0 Å². The van der Waals surface area contributed by atoms with Crippen molar-refractivity contribution in [2.24, 2.45) is 11.8 Å². The molecule has 0 aromatic rings. The monoisotopic (exact) mass is 1370 g/mol. The molecule has 0 radical (unpaired) electrons. The standard InChI is InChI=1S/C74H144O17P2/c1-7-10-12-14-15-16-17-18-19-23-30-35-40-46-52-58-73(78)90-69(62-84-71(76)56-50-42-13-11-8-2)64-88-92(80,81)86-60-68(75)61-87-93(82,83)89-65-70(63-85-72(77)57-51-45-39-34-29-26-25-27-32-37-43-48-54-66(4)5)91-74(79)59-53-47-41-36-31-24-21-20-22-28-33-38-44-49-55-67(6)9-3/h66-70,75H,7-65H2,1-6H3,(H,80,81)(H,82,83)/t67?,68-,69+,70+/m0/s1. The predicted molar refractivity (Wildman–Crippen MR) is 377 cm³/mol. The Morgan fingerprint density at radius 3 is 0.817 bits per heavy atom. The predicted octanol–water partition coefficient (Wildman–Crippen LogP) is 21.6. The van der Waals surface area contributed by atoms with E-state index < -0.39 is 97.5 Å². The quantitative estimate of drug-likeness (QED) is 0.0222. The summed E-state index contributed by atoms with van der Waals surface area (Å²) >= 11 is 0. The number of aliphatic hydroxyl groups excluding tert-OH is 1. The first-order valence-electron chi connectivity index (χ1n) is 38.5. The molecule has 0 saturated carbocycles. The molecule has 552 valence electrons. The van der Waals surface area contributed by atoms with E-state index in [1.54, 1.807) is 0 Å². The minimum Gasteiger partial charge on any atom is -0.462 e. The zero-order chi connectivity index (χ0) is 68.6. The van der Waals surface area contributed by atoms with Crippen LogP contribution in [0.1, 0.15) is 382 Å². The molecule has 0 fully saturated rings. The second-order valence-corrected chi connectivity index (χ2v) is 30.3. The number of hydrogen-bond acceptors (Lipinski definition) is 15. The Labute approximate surface area is 568 Å². The van der Waals surface area contributed by atoms with Crippen LogP contribution in [-0.4, -0.2) is 96.7 Å². The van der Waals surface area contributed by atoms with Gasteiger partial charge in [-0.2, -0.15) is 0 Å². The molecule has 0 rings (SSSR count). The zero-order valence-electron chi connectivity index (χ0n) is 60.6. The van der Waals surface area contributed by atoms with Gasteiger partial charge in [0.15, 0.2) is 12.2 Å². The van der Waals surface area contributed by atoms with E-state index in [1.165, 1.54) is 193 Å². The summed E-state index contributed by atoms with van der Waals surface area (Å²) in [6, 6.07) is 0. The van der Waals surface area contributed by atoms with Gasteiger partial charge in [0, 0.05) is 25.7 Å². The smallest absolute Gasteiger partial charge is 0.462 e. The highest BCUT2D eigenvalue weighted by Crippen LogP contribution is 2.45. The van der Waals surface area contributed by atoms with Crippen LogP contribution in [0.2, 0.25) is 0 Å². The van der Waals surface area contributed by atoms with Crippen molar-refractivity contribution in [2.45, 2.75) is 400 Å². The Morgan fingerprint density at radius 2 is 0.548 bits per heavy atom. The second kappa shape index (κ2) is 66.0. The fraction of sp³-hybridized carbons (Fsp3) is 0.946. The summed E-state index contributed by atoms with van der Waals surface area (Å²) in [6.45, 7) is 9.57. The number of carbonyl (C=O) groups is 4. The van der Waals surface area contributed by atoms with Crippen molar-refractivity contribution in [3.63, 3.8) is 0 Å². The molecule has 0 heterocycles. The summed E-state index contributed by atoms with van der Waals surface area (Å²) in [5, 5.41) is 10.6. The van der Waals surface area contributed by atoms with Gasteiger partial charge in [-0.1, -0.05) is 330 Å². The molecule has 0 spiro atoms. The number of unbranched alkanes of at least 4 members (excludes halogenated alkanes) is 42. The van der Waals surface area contributed by atoms with E-state index in [2.05, 4.69) is 41.5 Å². The molecule has 3 N–H and O–H groups in total. The third-order valence-corrected chi connectivity index (χ3v) is 19.5. The van der Waals surface area contributed by atoms with Crippen molar-refractivity contribution < 1.29 is 80.2 Å². The maximum Gasteiger partial charge on any atom is 0.472 e. The maximum atomic E-state index is 13.1. The molecule has 0 bridgehead atoms. The minimum atomic E-state index is -4.95. The number of phosphoric acid groups is 2. The average molecular weight is 1370 g/mol. The van der Waals surface area contributed by atoms with Gasteiger partial charge in [-0.3, -0.25) is 37.3 Å². The first-order valence-corrected chi connectivity index (χ1v) is 41.5. The van der Waals surface area contributed by atoms with E-state index in [0.29, 0.717) is 25.7 Å². The molecule has 6 atom stereocenters. The summed E-state index contributed by atoms with van der Waals surface area (Å²) in [5.74, 6) is -0.500. The van der Waals surface area contributed by atoms with Gasteiger partial charge in [0.05, 0.1) is 26.4 Å². The Kier molecular flexibility index (Phi) is 64.6. The fourth-order valence-electron chi connectivity index (χ4n) is 11.3. The van der Waals surface area contributed by atoms with Gasteiger partial charge in [-0.25, -0.2) is 9.13 Å². The van der Waals surface area contributed by atoms with Gasteiger partial charge in [-0.15, -0.1) is 0 Å². The van der Waals surface area contributed by atoms with Crippen LogP contribution >= 0.6 is 15.6 Å². The fourth-order valence-corrected chi connectivity index (χ4v) is 12.8. The topological polar surface area (TPSA) is 237 Å². The van der Waals surface area contributed by atoms with Crippen molar-refractivity contribution in [1.29, 1.82) is 0 Å². The van der Waals surface area contributed by atoms with Gasteiger partial charge in [0.1, 0.15) is 19.3 Å². The number of aliphatic hydroxyl groups is 1. The molecule has 19 heteroatoms. The first kappa shape index (κ1) is 91.1. The lowest BCUT2D eigenvalue weighted by atomic mass is 9.99. The summed E-state index contributed by atoms with van der Waals surface area (Å²) in [6.07, 6.45) is 53.0. The molecule has 0 aliphatic carbocycles. The number of ether oxygens (including phenoxy) is 4. The lowest BCUT2D eigenvalue weighted by Gasteiger charge is -2.21. The third kappa shape index (κ3) is 67.0. The van der Waals surface area contributed by atoms with Gasteiger partial charge in [-0.05, 0) is 37.5 Å². The van der Waals surface area contributed by atoms with Crippen LogP contribution in [0.3, 0.4) is 0 Å². The van der Waals surface area contributed by atoms with Crippen molar-refractivity contribution in [3.05, 3.63) is 0 Å². The highest BCUT2D eigenvalue weighted by molar-refractivity contribution is 7.47. The Hall–Kier alpha value is -1.94. The van der Waals surface area contributed by atoms with Crippen LogP contribution in [0.15, 0.2) is 0 Å². The molecule has 0 saturated heterocycles. The minimum absolute atomic E-state index is 0.107. The number of rotatable bonds is 73. The second-order valence-electron chi connectivity index (χ2n) is 27.4. The van der Waals surface area contributed by atoms with Gasteiger partial charge < -0.3 is 33.8 Å². The van der Waals surface area contributed by atoms with Crippen LogP contribution in [0.4, 0.5) is 0 Å². The van der Waals surface area contributed by atoms with Gasteiger partial charge in [0.25, 0.3) is 0 Å². The molecule has 0 aliphatic heterocycles. The first-order chi connectivity index (χ1) is 44.9. The van der Waals surface area contributed by atoms with Crippen LogP contribution in [0, 0.1) is 11.8 Å². The molecule has 0 amide bonds.